The summed E-state index contributed by atoms with van der Waals surface area (Å²) >= 11 is 1.69. The Kier molecular flexibility index (Phi) is 8.88. The van der Waals surface area contributed by atoms with E-state index in [0.29, 0.717) is 12.5 Å². The van der Waals surface area contributed by atoms with Gasteiger partial charge in [-0.05, 0) is 32.2 Å². The highest BCUT2D eigenvalue weighted by molar-refractivity contribution is 14.0. The minimum Gasteiger partial charge on any atom is -0.352 e. The van der Waals surface area contributed by atoms with Crippen molar-refractivity contribution < 1.29 is 4.79 Å². The van der Waals surface area contributed by atoms with Gasteiger partial charge in [-0.15, -0.1) is 35.3 Å². The van der Waals surface area contributed by atoms with Gasteiger partial charge in [-0.1, -0.05) is 6.07 Å². The number of aliphatic imine (C=N–C) groups is 1. The third kappa shape index (κ3) is 8.92. The SMILES string of the molecule is CN(C)C(=O)CN=C(NCc1cccs1)NC(C)(C)C.I. The van der Waals surface area contributed by atoms with Gasteiger partial charge in [0.2, 0.25) is 5.91 Å². The van der Waals surface area contributed by atoms with Crippen molar-refractivity contribution in [3.63, 3.8) is 0 Å². The number of halogens is 1. The first-order valence-corrected chi connectivity index (χ1v) is 7.45. The van der Waals surface area contributed by atoms with Gasteiger partial charge in [-0.3, -0.25) is 4.79 Å². The van der Waals surface area contributed by atoms with E-state index in [1.54, 1.807) is 25.4 Å². The van der Waals surface area contributed by atoms with Gasteiger partial charge in [0.1, 0.15) is 6.54 Å². The molecule has 0 aliphatic heterocycles. The molecule has 0 aliphatic rings. The van der Waals surface area contributed by atoms with Crippen molar-refractivity contribution in [2.75, 3.05) is 20.6 Å². The number of hydrogen-bond acceptors (Lipinski definition) is 3. The van der Waals surface area contributed by atoms with Crippen LogP contribution >= 0.6 is 35.3 Å². The van der Waals surface area contributed by atoms with Crippen LogP contribution in [0.25, 0.3) is 0 Å². The zero-order valence-electron chi connectivity index (χ0n) is 13.3. The number of nitrogens with one attached hydrogen (secondary N) is 2. The first-order valence-electron chi connectivity index (χ1n) is 6.57. The van der Waals surface area contributed by atoms with E-state index in [2.05, 4.69) is 42.5 Å². The molecule has 0 saturated carbocycles. The monoisotopic (exact) mass is 424 g/mol. The van der Waals surface area contributed by atoms with Crippen molar-refractivity contribution in [3.8, 4) is 0 Å². The fourth-order valence-corrected chi connectivity index (χ4v) is 2.01. The lowest BCUT2D eigenvalue weighted by molar-refractivity contribution is -0.127. The number of rotatable bonds is 4. The van der Waals surface area contributed by atoms with E-state index in [-0.39, 0.29) is 42.0 Å². The minimum atomic E-state index is -0.109. The van der Waals surface area contributed by atoms with Crippen LogP contribution in [0.3, 0.4) is 0 Å². The van der Waals surface area contributed by atoms with E-state index in [1.165, 1.54) is 9.78 Å². The normalized spacial score (nSPS) is 11.6. The average molecular weight is 424 g/mol. The molecule has 120 valence electrons. The lowest BCUT2D eigenvalue weighted by atomic mass is 10.1. The molecule has 1 aromatic heterocycles. The predicted molar refractivity (Wildman–Crippen MR) is 100 cm³/mol. The Morgan fingerprint density at radius 1 is 1.38 bits per heavy atom. The second-order valence-corrected chi connectivity index (χ2v) is 6.79. The van der Waals surface area contributed by atoms with Gasteiger partial charge in [0.05, 0.1) is 6.54 Å². The summed E-state index contributed by atoms with van der Waals surface area (Å²) < 4.78 is 0. The fraction of sp³-hybridized carbons (Fsp3) is 0.571. The maximum Gasteiger partial charge on any atom is 0.243 e. The van der Waals surface area contributed by atoms with Gasteiger partial charge in [-0.2, -0.15) is 0 Å². The van der Waals surface area contributed by atoms with Crippen molar-refractivity contribution in [1.82, 2.24) is 15.5 Å². The topological polar surface area (TPSA) is 56.7 Å². The van der Waals surface area contributed by atoms with Crippen LogP contribution in [0.2, 0.25) is 0 Å². The van der Waals surface area contributed by atoms with Crippen LogP contribution < -0.4 is 10.6 Å². The summed E-state index contributed by atoms with van der Waals surface area (Å²) in [6, 6.07) is 4.09. The van der Waals surface area contributed by atoms with Crippen LogP contribution in [0.15, 0.2) is 22.5 Å². The third-order valence-corrected chi connectivity index (χ3v) is 3.25. The van der Waals surface area contributed by atoms with Crippen LogP contribution in [0.4, 0.5) is 0 Å². The van der Waals surface area contributed by atoms with E-state index in [0.717, 1.165) is 0 Å². The Morgan fingerprint density at radius 3 is 2.52 bits per heavy atom. The summed E-state index contributed by atoms with van der Waals surface area (Å²) in [5.41, 5.74) is -0.109. The summed E-state index contributed by atoms with van der Waals surface area (Å²) in [6.07, 6.45) is 0. The molecule has 7 heteroatoms. The molecule has 0 aliphatic carbocycles. The molecule has 1 rings (SSSR count). The number of amides is 1. The van der Waals surface area contributed by atoms with Crippen LogP contribution in [-0.4, -0.2) is 42.9 Å². The summed E-state index contributed by atoms with van der Waals surface area (Å²) in [7, 11) is 3.46. The summed E-state index contributed by atoms with van der Waals surface area (Å²) in [6.45, 7) is 7.02. The minimum absolute atomic E-state index is 0. The third-order valence-electron chi connectivity index (χ3n) is 2.37. The molecular formula is C14H25IN4OS. The Morgan fingerprint density at radius 2 is 2.05 bits per heavy atom. The average Bonchev–Trinajstić information content (AvgIpc) is 2.83. The molecule has 1 heterocycles. The van der Waals surface area contributed by atoms with Crippen molar-refractivity contribution in [3.05, 3.63) is 22.4 Å². The molecular weight excluding hydrogens is 399 g/mol. The Labute approximate surface area is 148 Å². The predicted octanol–water partition coefficient (Wildman–Crippen LogP) is 2.29. The fourth-order valence-electron chi connectivity index (χ4n) is 1.37. The van der Waals surface area contributed by atoms with E-state index < -0.39 is 0 Å². The first-order chi connectivity index (χ1) is 9.28. The maximum absolute atomic E-state index is 11.6. The zero-order chi connectivity index (χ0) is 15.2. The van der Waals surface area contributed by atoms with Gasteiger partial charge in [-0.25, -0.2) is 4.99 Å². The zero-order valence-corrected chi connectivity index (χ0v) is 16.4. The largest absolute Gasteiger partial charge is 0.352 e. The summed E-state index contributed by atoms with van der Waals surface area (Å²) in [4.78, 5) is 18.7. The molecule has 0 aromatic carbocycles. The van der Waals surface area contributed by atoms with E-state index >= 15 is 0 Å². The number of likely N-dealkylation sites (N-methyl/N-ethyl adjacent to an activating group) is 1. The van der Waals surface area contributed by atoms with Gasteiger partial charge < -0.3 is 15.5 Å². The van der Waals surface area contributed by atoms with Crippen molar-refractivity contribution in [2.24, 2.45) is 4.99 Å². The molecule has 0 spiro atoms. The molecule has 1 aromatic rings. The quantitative estimate of drug-likeness (QED) is 0.443. The number of carbonyl (C=O) groups excluding carboxylic acids is 1. The van der Waals surface area contributed by atoms with Crippen LogP contribution in [0, 0.1) is 0 Å². The van der Waals surface area contributed by atoms with Crippen molar-refractivity contribution in [1.29, 1.82) is 0 Å². The molecule has 1 amide bonds. The number of nitrogens with zero attached hydrogens (tertiary/aromatic N) is 2. The lowest BCUT2D eigenvalue weighted by Gasteiger charge is -2.24. The van der Waals surface area contributed by atoms with Gasteiger partial charge in [0, 0.05) is 24.5 Å². The van der Waals surface area contributed by atoms with E-state index in [1.807, 2.05) is 11.4 Å². The molecule has 21 heavy (non-hydrogen) atoms. The Bertz CT molecular complexity index is 452. The van der Waals surface area contributed by atoms with Gasteiger partial charge in [0.15, 0.2) is 5.96 Å². The van der Waals surface area contributed by atoms with Gasteiger partial charge in [0.25, 0.3) is 0 Å². The van der Waals surface area contributed by atoms with E-state index in [4.69, 9.17) is 0 Å². The van der Waals surface area contributed by atoms with Crippen molar-refractivity contribution in [2.45, 2.75) is 32.9 Å². The molecule has 0 unspecified atom stereocenters. The standard InChI is InChI=1S/C14H24N4OS.HI/c1-14(2,3)17-13(16-10-12(19)18(4)5)15-9-11-7-6-8-20-11;/h6-8H,9-10H2,1-5H3,(H2,15,16,17);1H. The number of thiophene rings is 1. The smallest absolute Gasteiger partial charge is 0.243 e. The van der Waals surface area contributed by atoms with E-state index in [9.17, 15) is 4.79 Å². The van der Waals surface area contributed by atoms with Crippen LogP contribution in [0.1, 0.15) is 25.6 Å². The molecule has 0 radical (unpaired) electrons. The summed E-state index contributed by atoms with van der Waals surface area (Å²) in [5.74, 6) is 0.636. The second-order valence-electron chi connectivity index (χ2n) is 5.76. The highest BCUT2D eigenvalue weighted by atomic mass is 127. The number of carbonyl (C=O) groups is 1. The number of hydrogen-bond donors (Lipinski definition) is 2. The Hall–Kier alpha value is -0.830. The Balaban J connectivity index is 0.00000400. The molecule has 0 fully saturated rings. The molecule has 0 atom stereocenters. The molecule has 5 nitrogen and oxygen atoms in total. The number of guanidine groups is 1. The first kappa shape index (κ1) is 20.2. The molecule has 2 N–H and O–H groups in total. The lowest BCUT2D eigenvalue weighted by Crippen LogP contribution is -2.47. The molecule has 0 bridgehead atoms. The highest BCUT2D eigenvalue weighted by Gasteiger charge is 2.13. The van der Waals surface area contributed by atoms with Gasteiger partial charge >= 0.3 is 0 Å². The maximum atomic E-state index is 11.6. The summed E-state index contributed by atoms with van der Waals surface area (Å²) in [5, 5.41) is 8.58. The van der Waals surface area contributed by atoms with Crippen LogP contribution in [0.5, 0.6) is 0 Å². The van der Waals surface area contributed by atoms with Crippen LogP contribution in [-0.2, 0) is 11.3 Å². The highest BCUT2D eigenvalue weighted by Crippen LogP contribution is 2.07. The van der Waals surface area contributed by atoms with Crippen molar-refractivity contribution >= 4 is 47.2 Å². The molecule has 0 saturated heterocycles. The second kappa shape index (κ2) is 9.24.